The molecule has 1 aromatic carbocycles. The highest BCUT2D eigenvalue weighted by molar-refractivity contribution is 5.96. The zero-order chi connectivity index (χ0) is 19.1. The zero-order valence-corrected chi connectivity index (χ0v) is 14.8. The van der Waals surface area contributed by atoms with E-state index >= 15 is 0 Å². The first-order valence-electron chi connectivity index (χ1n) is 8.71. The van der Waals surface area contributed by atoms with Crippen molar-refractivity contribution in [1.82, 2.24) is 15.6 Å². The molecule has 1 aliphatic heterocycles. The molecule has 8 heteroatoms. The number of aromatic nitrogens is 1. The molecule has 27 heavy (non-hydrogen) atoms. The Labute approximate surface area is 156 Å². The van der Waals surface area contributed by atoms with Gasteiger partial charge in [-0.05, 0) is 18.2 Å². The van der Waals surface area contributed by atoms with Crippen molar-refractivity contribution in [2.75, 3.05) is 37.7 Å². The van der Waals surface area contributed by atoms with Gasteiger partial charge < -0.3 is 20.3 Å². The average molecular weight is 372 g/mol. The number of hydrogen-bond donors (Lipinski definition) is 2. The highest BCUT2D eigenvalue weighted by Crippen LogP contribution is 2.18. The molecular weight excluding hydrogens is 351 g/mol. The molecule has 142 valence electrons. The van der Waals surface area contributed by atoms with E-state index in [-0.39, 0.29) is 24.6 Å². The lowest BCUT2D eigenvalue weighted by Crippen LogP contribution is -2.39. The van der Waals surface area contributed by atoms with Gasteiger partial charge in [0.1, 0.15) is 11.6 Å². The lowest BCUT2D eigenvalue weighted by atomic mass is 10.2. The SMILES string of the molecule is O=C(CNC(=O)c1ccccc1F)NCc1cccnc1N1CCOCC1. The summed E-state index contributed by atoms with van der Waals surface area (Å²) in [5, 5.41) is 5.17. The van der Waals surface area contributed by atoms with Crippen LogP contribution >= 0.6 is 0 Å². The van der Waals surface area contributed by atoms with E-state index in [2.05, 4.69) is 20.5 Å². The van der Waals surface area contributed by atoms with Crippen molar-refractivity contribution in [1.29, 1.82) is 0 Å². The topological polar surface area (TPSA) is 83.6 Å². The monoisotopic (exact) mass is 372 g/mol. The van der Waals surface area contributed by atoms with Crippen LogP contribution < -0.4 is 15.5 Å². The lowest BCUT2D eigenvalue weighted by molar-refractivity contribution is -0.120. The van der Waals surface area contributed by atoms with Crippen LogP contribution in [0, 0.1) is 5.82 Å². The van der Waals surface area contributed by atoms with E-state index in [4.69, 9.17) is 4.74 Å². The van der Waals surface area contributed by atoms with E-state index in [1.54, 1.807) is 12.3 Å². The van der Waals surface area contributed by atoms with Gasteiger partial charge in [0.2, 0.25) is 5.91 Å². The van der Waals surface area contributed by atoms with Gasteiger partial charge in [0, 0.05) is 31.4 Å². The van der Waals surface area contributed by atoms with Gasteiger partial charge in [0.15, 0.2) is 0 Å². The molecule has 0 atom stereocenters. The Morgan fingerprint density at radius 2 is 1.89 bits per heavy atom. The maximum atomic E-state index is 13.6. The Balaban J connectivity index is 1.52. The van der Waals surface area contributed by atoms with Gasteiger partial charge in [-0.3, -0.25) is 9.59 Å². The molecule has 0 unspecified atom stereocenters. The maximum Gasteiger partial charge on any atom is 0.254 e. The summed E-state index contributed by atoms with van der Waals surface area (Å²) in [6.45, 7) is 2.83. The predicted molar refractivity (Wildman–Crippen MR) is 97.8 cm³/mol. The Hall–Kier alpha value is -3.00. The van der Waals surface area contributed by atoms with E-state index in [1.165, 1.54) is 18.2 Å². The molecule has 1 aliphatic rings. The molecule has 0 aliphatic carbocycles. The van der Waals surface area contributed by atoms with Crippen LogP contribution in [0.25, 0.3) is 0 Å². The average Bonchev–Trinajstić information content (AvgIpc) is 2.71. The summed E-state index contributed by atoms with van der Waals surface area (Å²) in [5.41, 5.74) is 0.792. The number of nitrogens with one attached hydrogen (secondary N) is 2. The maximum absolute atomic E-state index is 13.6. The first-order chi connectivity index (χ1) is 13.1. The second-order valence-corrected chi connectivity index (χ2v) is 6.02. The van der Waals surface area contributed by atoms with Crippen molar-refractivity contribution in [3.8, 4) is 0 Å². The van der Waals surface area contributed by atoms with Gasteiger partial charge in [0.05, 0.1) is 25.3 Å². The number of morpholine rings is 1. The van der Waals surface area contributed by atoms with Crippen LogP contribution in [0.4, 0.5) is 10.2 Å². The largest absolute Gasteiger partial charge is 0.378 e. The summed E-state index contributed by atoms with van der Waals surface area (Å²) >= 11 is 0. The van der Waals surface area contributed by atoms with Crippen molar-refractivity contribution in [2.45, 2.75) is 6.54 Å². The smallest absolute Gasteiger partial charge is 0.254 e. The third-order valence-corrected chi connectivity index (χ3v) is 4.18. The molecule has 2 aromatic rings. The second-order valence-electron chi connectivity index (χ2n) is 6.02. The Morgan fingerprint density at radius 3 is 2.67 bits per heavy atom. The van der Waals surface area contributed by atoms with Gasteiger partial charge in [-0.15, -0.1) is 0 Å². The molecule has 0 saturated carbocycles. The number of pyridine rings is 1. The fourth-order valence-electron chi connectivity index (χ4n) is 2.79. The molecule has 1 saturated heterocycles. The minimum absolute atomic E-state index is 0.0906. The third-order valence-electron chi connectivity index (χ3n) is 4.18. The number of benzene rings is 1. The molecule has 2 N–H and O–H groups in total. The zero-order valence-electron chi connectivity index (χ0n) is 14.8. The highest BCUT2D eigenvalue weighted by Gasteiger charge is 2.16. The van der Waals surface area contributed by atoms with Crippen molar-refractivity contribution in [3.63, 3.8) is 0 Å². The van der Waals surface area contributed by atoms with Crippen molar-refractivity contribution in [3.05, 3.63) is 59.5 Å². The van der Waals surface area contributed by atoms with E-state index < -0.39 is 11.7 Å². The lowest BCUT2D eigenvalue weighted by Gasteiger charge is -2.29. The van der Waals surface area contributed by atoms with Gasteiger partial charge in [-0.1, -0.05) is 18.2 Å². The number of anilines is 1. The summed E-state index contributed by atoms with van der Waals surface area (Å²) in [7, 11) is 0. The third kappa shape index (κ3) is 5.01. The highest BCUT2D eigenvalue weighted by atomic mass is 19.1. The minimum Gasteiger partial charge on any atom is -0.378 e. The molecule has 2 heterocycles. The number of nitrogens with zero attached hydrogens (tertiary/aromatic N) is 2. The van der Waals surface area contributed by atoms with Crippen molar-refractivity contribution >= 4 is 17.6 Å². The van der Waals surface area contributed by atoms with Crippen LogP contribution in [0.15, 0.2) is 42.6 Å². The Kier molecular flexibility index (Phi) is 6.32. The van der Waals surface area contributed by atoms with Crippen molar-refractivity contribution < 1.29 is 18.7 Å². The summed E-state index contributed by atoms with van der Waals surface area (Å²) in [5.74, 6) is -0.799. The number of carbonyl (C=O) groups is 2. The summed E-state index contributed by atoms with van der Waals surface area (Å²) in [4.78, 5) is 30.5. The van der Waals surface area contributed by atoms with Gasteiger partial charge >= 0.3 is 0 Å². The summed E-state index contributed by atoms with van der Waals surface area (Å²) in [6, 6.07) is 9.34. The van der Waals surface area contributed by atoms with Gasteiger partial charge in [-0.2, -0.15) is 0 Å². The number of halogens is 1. The fraction of sp³-hybridized carbons (Fsp3) is 0.316. The van der Waals surface area contributed by atoms with Crippen LogP contribution in [0.1, 0.15) is 15.9 Å². The van der Waals surface area contributed by atoms with E-state index in [0.717, 1.165) is 24.5 Å². The molecule has 3 rings (SSSR count). The van der Waals surface area contributed by atoms with Crippen LogP contribution in [0.3, 0.4) is 0 Å². The van der Waals surface area contributed by atoms with Gasteiger partial charge in [-0.25, -0.2) is 9.37 Å². The summed E-state index contributed by atoms with van der Waals surface area (Å²) < 4.78 is 18.9. The fourth-order valence-corrected chi connectivity index (χ4v) is 2.79. The molecule has 0 bridgehead atoms. The number of hydrogen-bond acceptors (Lipinski definition) is 5. The quantitative estimate of drug-likeness (QED) is 0.794. The normalized spacial score (nSPS) is 13.9. The molecular formula is C19H21FN4O3. The minimum atomic E-state index is -0.626. The first-order valence-corrected chi connectivity index (χ1v) is 8.71. The van der Waals surface area contributed by atoms with E-state index in [9.17, 15) is 14.0 Å². The molecule has 7 nitrogen and oxygen atoms in total. The van der Waals surface area contributed by atoms with Crippen molar-refractivity contribution in [2.24, 2.45) is 0 Å². The molecule has 0 spiro atoms. The Morgan fingerprint density at radius 1 is 1.11 bits per heavy atom. The molecule has 0 radical (unpaired) electrons. The molecule has 1 aromatic heterocycles. The van der Waals surface area contributed by atoms with Gasteiger partial charge in [0.25, 0.3) is 5.91 Å². The number of carbonyl (C=O) groups excluding carboxylic acids is 2. The van der Waals surface area contributed by atoms with Crippen LogP contribution in [-0.2, 0) is 16.1 Å². The molecule has 1 fully saturated rings. The van der Waals surface area contributed by atoms with E-state index in [0.29, 0.717) is 13.2 Å². The number of ether oxygens (including phenoxy) is 1. The van der Waals surface area contributed by atoms with E-state index in [1.807, 2.05) is 12.1 Å². The standard InChI is InChI=1S/C19H21FN4O3/c20-16-6-2-1-5-15(16)19(26)23-13-17(25)22-12-14-4-3-7-21-18(14)24-8-10-27-11-9-24/h1-7H,8-13H2,(H,22,25)(H,23,26). The predicted octanol–water partition coefficient (Wildman–Crippen LogP) is 1.10. The Bertz CT molecular complexity index is 809. The van der Waals surface area contributed by atoms with Crippen LogP contribution in [0.2, 0.25) is 0 Å². The number of rotatable bonds is 6. The second kappa shape index (κ2) is 9.09. The molecule has 2 amide bonds. The summed E-state index contributed by atoms with van der Waals surface area (Å²) in [6.07, 6.45) is 1.71. The van der Waals surface area contributed by atoms with Crippen LogP contribution in [0.5, 0.6) is 0 Å². The van der Waals surface area contributed by atoms with Crippen LogP contribution in [-0.4, -0.2) is 49.6 Å². The number of amides is 2. The first kappa shape index (κ1) is 18.8.